The highest BCUT2D eigenvalue weighted by molar-refractivity contribution is 7.15. The highest BCUT2D eigenvalue weighted by atomic mass is 32.1. The Balaban J connectivity index is 1.83. The van der Waals surface area contributed by atoms with Crippen molar-refractivity contribution in [3.63, 3.8) is 0 Å². The fourth-order valence-electron chi connectivity index (χ4n) is 2.14. The molecule has 0 aliphatic carbocycles. The standard InChI is InChI=1S/C15H14N2O3S/c1-19-13-4-3-10(7-14(13)20-2)12(18)8-11-9-17-5-6-21-15(17)16-11/h3-7,9H,8H2,1-2H3. The largest absolute Gasteiger partial charge is 0.493 e. The molecule has 108 valence electrons. The van der Waals surface area contributed by atoms with E-state index >= 15 is 0 Å². The predicted octanol–water partition coefficient (Wildman–Crippen LogP) is 2.84. The quantitative estimate of drug-likeness (QED) is 0.680. The zero-order valence-electron chi connectivity index (χ0n) is 11.7. The summed E-state index contributed by atoms with van der Waals surface area (Å²) in [6.45, 7) is 0. The van der Waals surface area contributed by atoms with Crippen LogP contribution < -0.4 is 9.47 Å². The molecule has 0 radical (unpaired) electrons. The van der Waals surface area contributed by atoms with Gasteiger partial charge in [-0.05, 0) is 18.2 Å². The van der Waals surface area contributed by atoms with Crippen LogP contribution in [-0.4, -0.2) is 29.4 Å². The van der Waals surface area contributed by atoms with E-state index < -0.39 is 0 Å². The maximum Gasteiger partial charge on any atom is 0.193 e. The summed E-state index contributed by atoms with van der Waals surface area (Å²) in [5.74, 6) is 1.16. The number of fused-ring (bicyclic) bond motifs is 1. The van der Waals surface area contributed by atoms with Crippen molar-refractivity contribution in [3.05, 3.63) is 47.2 Å². The van der Waals surface area contributed by atoms with Crippen molar-refractivity contribution in [2.75, 3.05) is 14.2 Å². The first-order chi connectivity index (χ1) is 10.2. The van der Waals surface area contributed by atoms with Crippen LogP contribution in [0.25, 0.3) is 4.96 Å². The Bertz CT molecular complexity index is 763. The van der Waals surface area contributed by atoms with Crippen LogP contribution in [0.15, 0.2) is 36.0 Å². The van der Waals surface area contributed by atoms with Crippen LogP contribution in [0.1, 0.15) is 16.1 Å². The van der Waals surface area contributed by atoms with Gasteiger partial charge in [-0.1, -0.05) is 0 Å². The van der Waals surface area contributed by atoms with Gasteiger partial charge in [0, 0.05) is 23.3 Å². The van der Waals surface area contributed by atoms with E-state index in [2.05, 4.69) is 4.98 Å². The van der Waals surface area contributed by atoms with Crippen molar-refractivity contribution in [3.8, 4) is 11.5 Å². The van der Waals surface area contributed by atoms with Crippen LogP contribution >= 0.6 is 11.3 Å². The number of carbonyl (C=O) groups is 1. The Morgan fingerprint density at radius 3 is 2.81 bits per heavy atom. The molecular formula is C15H14N2O3S. The van der Waals surface area contributed by atoms with Gasteiger partial charge < -0.3 is 9.47 Å². The fourth-order valence-corrected chi connectivity index (χ4v) is 2.86. The van der Waals surface area contributed by atoms with E-state index in [4.69, 9.17) is 9.47 Å². The third kappa shape index (κ3) is 2.62. The summed E-state index contributed by atoms with van der Waals surface area (Å²) in [6, 6.07) is 5.17. The molecule has 0 unspecified atom stereocenters. The van der Waals surface area contributed by atoms with E-state index in [1.807, 2.05) is 22.2 Å². The van der Waals surface area contributed by atoms with Crippen molar-refractivity contribution in [2.45, 2.75) is 6.42 Å². The van der Waals surface area contributed by atoms with Gasteiger partial charge in [-0.2, -0.15) is 0 Å². The number of methoxy groups -OCH3 is 2. The van der Waals surface area contributed by atoms with Crippen molar-refractivity contribution in [1.29, 1.82) is 0 Å². The second-order valence-electron chi connectivity index (χ2n) is 4.49. The average Bonchev–Trinajstić information content (AvgIpc) is 3.07. The van der Waals surface area contributed by atoms with E-state index in [0.29, 0.717) is 17.1 Å². The molecule has 2 aromatic heterocycles. The number of nitrogens with zero attached hydrogens (tertiary/aromatic N) is 2. The van der Waals surface area contributed by atoms with E-state index in [-0.39, 0.29) is 12.2 Å². The van der Waals surface area contributed by atoms with Gasteiger partial charge in [0.25, 0.3) is 0 Å². The first-order valence-electron chi connectivity index (χ1n) is 6.37. The fraction of sp³-hybridized carbons (Fsp3) is 0.200. The number of ether oxygens (including phenoxy) is 2. The number of rotatable bonds is 5. The Morgan fingerprint density at radius 1 is 1.29 bits per heavy atom. The van der Waals surface area contributed by atoms with Crippen molar-refractivity contribution >= 4 is 22.1 Å². The number of imidazole rings is 1. The predicted molar refractivity (Wildman–Crippen MR) is 80.6 cm³/mol. The first kappa shape index (κ1) is 13.6. The molecule has 0 bridgehead atoms. The van der Waals surface area contributed by atoms with Crippen LogP contribution in [0.5, 0.6) is 11.5 Å². The van der Waals surface area contributed by atoms with Gasteiger partial charge >= 0.3 is 0 Å². The summed E-state index contributed by atoms with van der Waals surface area (Å²) in [7, 11) is 3.12. The maximum atomic E-state index is 12.3. The van der Waals surface area contributed by atoms with Gasteiger partial charge in [-0.15, -0.1) is 11.3 Å². The molecule has 6 heteroatoms. The van der Waals surface area contributed by atoms with Gasteiger partial charge in [0.1, 0.15) is 0 Å². The number of hydrogen-bond donors (Lipinski definition) is 0. The minimum Gasteiger partial charge on any atom is -0.493 e. The van der Waals surface area contributed by atoms with E-state index in [1.54, 1.807) is 43.8 Å². The molecule has 21 heavy (non-hydrogen) atoms. The number of aromatic nitrogens is 2. The van der Waals surface area contributed by atoms with Crippen molar-refractivity contribution in [1.82, 2.24) is 9.38 Å². The van der Waals surface area contributed by atoms with Crippen LogP contribution in [0.2, 0.25) is 0 Å². The molecule has 0 fully saturated rings. The second kappa shape index (κ2) is 5.57. The zero-order valence-corrected chi connectivity index (χ0v) is 12.5. The van der Waals surface area contributed by atoms with Gasteiger partial charge in [0.05, 0.1) is 26.3 Å². The lowest BCUT2D eigenvalue weighted by Gasteiger charge is -2.08. The Hall–Kier alpha value is -2.34. The molecule has 0 saturated carbocycles. The minimum absolute atomic E-state index is 0.00158. The van der Waals surface area contributed by atoms with Crippen LogP contribution in [0.3, 0.4) is 0 Å². The molecule has 2 heterocycles. The Morgan fingerprint density at radius 2 is 2.10 bits per heavy atom. The smallest absolute Gasteiger partial charge is 0.193 e. The zero-order chi connectivity index (χ0) is 14.8. The first-order valence-corrected chi connectivity index (χ1v) is 7.25. The summed E-state index contributed by atoms with van der Waals surface area (Å²) in [5.41, 5.74) is 1.35. The summed E-state index contributed by atoms with van der Waals surface area (Å²) in [5, 5.41) is 1.96. The van der Waals surface area contributed by atoms with E-state index in [1.165, 1.54) is 0 Å². The van der Waals surface area contributed by atoms with E-state index in [9.17, 15) is 4.79 Å². The Kier molecular flexibility index (Phi) is 3.62. The third-order valence-corrected chi connectivity index (χ3v) is 3.96. The molecule has 0 amide bonds. The summed E-state index contributed by atoms with van der Waals surface area (Å²) in [6.07, 6.45) is 4.08. The number of hydrogen-bond acceptors (Lipinski definition) is 5. The molecule has 0 saturated heterocycles. The van der Waals surface area contributed by atoms with Crippen LogP contribution in [0.4, 0.5) is 0 Å². The number of Topliss-reactive ketones (excluding diaryl/α,β-unsaturated/α-hetero) is 1. The molecule has 5 nitrogen and oxygen atoms in total. The maximum absolute atomic E-state index is 12.3. The number of benzene rings is 1. The lowest BCUT2D eigenvalue weighted by Crippen LogP contribution is -2.04. The lowest BCUT2D eigenvalue weighted by molar-refractivity contribution is 0.0991. The Labute approximate surface area is 125 Å². The van der Waals surface area contributed by atoms with Crippen molar-refractivity contribution in [2.24, 2.45) is 0 Å². The molecule has 3 rings (SSSR count). The third-order valence-electron chi connectivity index (χ3n) is 3.19. The summed E-state index contributed by atoms with van der Waals surface area (Å²) < 4.78 is 12.3. The average molecular weight is 302 g/mol. The molecule has 0 spiro atoms. The highest BCUT2D eigenvalue weighted by Crippen LogP contribution is 2.28. The van der Waals surface area contributed by atoms with Gasteiger partial charge in [0.15, 0.2) is 22.2 Å². The molecule has 0 N–H and O–H groups in total. The van der Waals surface area contributed by atoms with Gasteiger partial charge in [-0.25, -0.2) is 4.98 Å². The number of carbonyl (C=O) groups excluding carboxylic acids is 1. The second-order valence-corrected chi connectivity index (χ2v) is 5.37. The molecule has 0 atom stereocenters. The SMILES string of the molecule is COc1ccc(C(=O)Cc2cn3ccsc3n2)cc1OC. The molecular weight excluding hydrogens is 288 g/mol. The van der Waals surface area contributed by atoms with Gasteiger partial charge in [0.2, 0.25) is 0 Å². The molecule has 3 aromatic rings. The highest BCUT2D eigenvalue weighted by Gasteiger charge is 2.13. The van der Waals surface area contributed by atoms with Crippen LogP contribution in [-0.2, 0) is 6.42 Å². The normalized spacial score (nSPS) is 10.8. The van der Waals surface area contributed by atoms with Gasteiger partial charge in [-0.3, -0.25) is 9.20 Å². The van der Waals surface area contributed by atoms with E-state index in [0.717, 1.165) is 10.7 Å². The molecule has 0 aliphatic heterocycles. The molecule has 1 aromatic carbocycles. The number of ketones is 1. The van der Waals surface area contributed by atoms with Crippen molar-refractivity contribution < 1.29 is 14.3 Å². The summed E-state index contributed by atoms with van der Waals surface area (Å²) >= 11 is 1.55. The molecule has 0 aliphatic rings. The summed E-state index contributed by atoms with van der Waals surface area (Å²) in [4.78, 5) is 17.7. The lowest BCUT2D eigenvalue weighted by atomic mass is 10.1. The van der Waals surface area contributed by atoms with Crippen LogP contribution in [0, 0.1) is 0 Å². The number of thiazole rings is 1. The monoisotopic (exact) mass is 302 g/mol. The minimum atomic E-state index is 0.00158. The topological polar surface area (TPSA) is 52.8 Å².